The van der Waals surface area contributed by atoms with E-state index in [4.69, 9.17) is 21.1 Å². The molecule has 2 bridgehead atoms. The standard InChI is InChI=1S/C16H22ClN3O3/c1-16(2,3)23-15(21)20-10-4-5-11(20)7-12(6-10)22-14-8-13(17)18-9-19-14/h8-12H,4-7H2,1-3H3. The van der Waals surface area contributed by atoms with Crippen LogP contribution in [0.3, 0.4) is 0 Å². The molecule has 0 spiro atoms. The van der Waals surface area contributed by atoms with Gasteiger partial charge in [0.05, 0.1) is 0 Å². The van der Waals surface area contributed by atoms with E-state index < -0.39 is 5.60 Å². The molecule has 0 saturated carbocycles. The highest BCUT2D eigenvalue weighted by Crippen LogP contribution is 2.38. The quantitative estimate of drug-likeness (QED) is 0.772. The summed E-state index contributed by atoms with van der Waals surface area (Å²) in [5.74, 6) is 0.486. The Hall–Kier alpha value is -1.56. The first-order valence-corrected chi connectivity index (χ1v) is 8.35. The van der Waals surface area contributed by atoms with E-state index in [9.17, 15) is 4.79 Å². The number of fused-ring (bicyclic) bond motifs is 2. The third-order valence-corrected chi connectivity index (χ3v) is 4.40. The summed E-state index contributed by atoms with van der Waals surface area (Å²) in [5.41, 5.74) is -0.471. The molecule has 2 atom stereocenters. The Morgan fingerprint density at radius 2 is 1.91 bits per heavy atom. The Balaban J connectivity index is 1.64. The smallest absolute Gasteiger partial charge is 0.410 e. The predicted molar refractivity (Wildman–Crippen MR) is 85.6 cm³/mol. The van der Waals surface area contributed by atoms with Crippen LogP contribution in [0.15, 0.2) is 12.4 Å². The van der Waals surface area contributed by atoms with Gasteiger partial charge in [0, 0.05) is 31.0 Å². The first-order valence-electron chi connectivity index (χ1n) is 7.97. The van der Waals surface area contributed by atoms with E-state index in [2.05, 4.69) is 9.97 Å². The topological polar surface area (TPSA) is 64.5 Å². The number of aromatic nitrogens is 2. The number of carbonyl (C=O) groups excluding carboxylic acids is 1. The Morgan fingerprint density at radius 3 is 2.48 bits per heavy atom. The molecule has 1 amide bonds. The van der Waals surface area contributed by atoms with Crippen molar-refractivity contribution in [2.24, 2.45) is 0 Å². The zero-order valence-corrected chi connectivity index (χ0v) is 14.4. The molecule has 126 valence electrons. The first-order chi connectivity index (χ1) is 10.8. The van der Waals surface area contributed by atoms with Gasteiger partial charge in [0.1, 0.15) is 23.2 Å². The van der Waals surface area contributed by atoms with Crippen molar-refractivity contribution in [1.29, 1.82) is 0 Å². The summed E-state index contributed by atoms with van der Waals surface area (Å²) in [6.07, 6.45) is 4.78. The Kier molecular flexibility index (Phi) is 4.36. The molecule has 3 rings (SSSR count). The highest BCUT2D eigenvalue weighted by atomic mass is 35.5. The van der Waals surface area contributed by atoms with Gasteiger partial charge in [-0.05, 0) is 33.6 Å². The van der Waals surface area contributed by atoms with Crippen molar-refractivity contribution in [3.8, 4) is 5.88 Å². The van der Waals surface area contributed by atoms with E-state index in [0.29, 0.717) is 11.0 Å². The highest BCUT2D eigenvalue weighted by Gasteiger charge is 2.45. The zero-order chi connectivity index (χ0) is 16.6. The second-order valence-corrected chi connectivity index (χ2v) is 7.55. The largest absolute Gasteiger partial charge is 0.474 e. The van der Waals surface area contributed by atoms with E-state index in [0.717, 1.165) is 25.7 Å². The molecule has 2 aliphatic heterocycles. The lowest BCUT2D eigenvalue weighted by Gasteiger charge is -2.39. The summed E-state index contributed by atoms with van der Waals surface area (Å²) in [5, 5.41) is 0.365. The first kappa shape index (κ1) is 16.3. The van der Waals surface area contributed by atoms with Crippen molar-refractivity contribution in [3.05, 3.63) is 17.5 Å². The van der Waals surface area contributed by atoms with E-state index in [-0.39, 0.29) is 24.3 Å². The normalized spacial score (nSPS) is 27.0. The molecular weight excluding hydrogens is 318 g/mol. The lowest BCUT2D eigenvalue weighted by atomic mass is 10.0. The Bertz CT molecular complexity index is 576. The van der Waals surface area contributed by atoms with Crippen LogP contribution < -0.4 is 4.74 Å². The molecule has 3 heterocycles. The van der Waals surface area contributed by atoms with Crippen molar-refractivity contribution in [1.82, 2.24) is 14.9 Å². The summed E-state index contributed by atoms with van der Waals surface area (Å²) in [6.45, 7) is 5.67. The van der Waals surface area contributed by atoms with Crippen LogP contribution in [0, 0.1) is 0 Å². The molecule has 2 fully saturated rings. The number of hydrogen-bond donors (Lipinski definition) is 0. The minimum Gasteiger partial charge on any atom is -0.474 e. The van der Waals surface area contributed by atoms with Crippen LogP contribution in [0.25, 0.3) is 0 Å². The maximum Gasteiger partial charge on any atom is 0.410 e. The van der Waals surface area contributed by atoms with Gasteiger partial charge >= 0.3 is 6.09 Å². The van der Waals surface area contributed by atoms with Gasteiger partial charge < -0.3 is 14.4 Å². The summed E-state index contributed by atoms with van der Waals surface area (Å²) < 4.78 is 11.5. The molecule has 1 aromatic rings. The molecule has 0 aromatic carbocycles. The second-order valence-electron chi connectivity index (χ2n) is 7.16. The summed E-state index contributed by atoms with van der Waals surface area (Å²) >= 11 is 5.86. The number of halogens is 1. The van der Waals surface area contributed by atoms with Crippen LogP contribution in [0.4, 0.5) is 4.79 Å². The summed E-state index contributed by atoms with van der Waals surface area (Å²) in [7, 11) is 0. The molecule has 0 radical (unpaired) electrons. The van der Waals surface area contributed by atoms with Crippen LogP contribution in [-0.2, 0) is 4.74 Å². The van der Waals surface area contributed by atoms with Gasteiger partial charge in [0.2, 0.25) is 5.88 Å². The molecule has 23 heavy (non-hydrogen) atoms. The maximum absolute atomic E-state index is 12.4. The lowest BCUT2D eigenvalue weighted by Crippen LogP contribution is -2.50. The molecule has 0 N–H and O–H groups in total. The van der Waals surface area contributed by atoms with Crippen LogP contribution in [0.5, 0.6) is 5.88 Å². The minimum absolute atomic E-state index is 0.0390. The van der Waals surface area contributed by atoms with Crippen LogP contribution in [-0.4, -0.2) is 44.7 Å². The predicted octanol–water partition coefficient (Wildman–Crippen LogP) is 3.44. The molecule has 2 unspecified atom stereocenters. The number of rotatable bonds is 2. The lowest BCUT2D eigenvalue weighted by molar-refractivity contribution is -0.00760. The van der Waals surface area contributed by atoms with Crippen molar-refractivity contribution in [3.63, 3.8) is 0 Å². The highest BCUT2D eigenvalue weighted by molar-refractivity contribution is 6.29. The number of ether oxygens (including phenoxy) is 2. The fraction of sp³-hybridized carbons (Fsp3) is 0.688. The molecule has 7 heteroatoms. The van der Waals surface area contributed by atoms with E-state index in [1.165, 1.54) is 6.33 Å². The third-order valence-electron chi connectivity index (χ3n) is 4.19. The van der Waals surface area contributed by atoms with Crippen molar-refractivity contribution in [2.45, 2.75) is 70.2 Å². The van der Waals surface area contributed by atoms with Gasteiger partial charge in [-0.3, -0.25) is 0 Å². The van der Waals surface area contributed by atoms with E-state index in [1.807, 2.05) is 25.7 Å². The number of amides is 1. The van der Waals surface area contributed by atoms with Gasteiger partial charge in [-0.2, -0.15) is 0 Å². The molecule has 0 aliphatic carbocycles. The molecule has 6 nitrogen and oxygen atoms in total. The Morgan fingerprint density at radius 1 is 1.26 bits per heavy atom. The van der Waals surface area contributed by atoms with Crippen LogP contribution in [0.1, 0.15) is 46.5 Å². The zero-order valence-electron chi connectivity index (χ0n) is 13.7. The van der Waals surface area contributed by atoms with Crippen molar-refractivity contribution in [2.75, 3.05) is 0 Å². The van der Waals surface area contributed by atoms with E-state index >= 15 is 0 Å². The SMILES string of the molecule is CC(C)(C)OC(=O)N1C2CCC1CC(Oc1cc(Cl)ncn1)C2. The average molecular weight is 340 g/mol. The van der Waals surface area contributed by atoms with Gasteiger partial charge in [-0.15, -0.1) is 0 Å². The van der Waals surface area contributed by atoms with Crippen molar-refractivity contribution < 1.29 is 14.3 Å². The number of carbonyl (C=O) groups is 1. The number of piperidine rings is 1. The molecular formula is C16H22ClN3O3. The maximum atomic E-state index is 12.4. The van der Waals surface area contributed by atoms with Crippen molar-refractivity contribution >= 4 is 17.7 Å². The fourth-order valence-corrected chi connectivity index (χ4v) is 3.53. The van der Waals surface area contributed by atoms with Crippen LogP contribution in [0.2, 0.25) is 5.15 Å². The van der Waals surface area contributed by atoms with E-state index in [1.54, 1.807) is 6.07 Å². The van der Waals surface area contributed by atoms with Gasteiger partial charge in [-0.25, -0.2) is 14.8 Å². The summed E-state index contributed by atoms with van der Waals surface area (Å²) in [4.78, 5) is 22.2. The fourth-order valence-electron chi connectivity index (χ4n) is 3.39. The minimum atomic E-state index is -0.471. The Labute approximate surface area is 141 Å². The number of nitrogens with zero attached hydrogens (tertiary/aromatic N) is 3. The monoisotopic (exact) mass is 339 g/mol. The number of hydrogen-bond acceptors (Lipinski definition) is 5. The van der Waals surface area contributed by atoms with Gasteiger partial charge in [-0.1, -0.05) is 11.6 Å². The van der Waals surface area contributed by atoms with Gasteiger partial charge in [0.25, 0.3) is 0 Å². The van der Waals surface area contributed by atoms with Gasteiger partial charge in [0.15, 0.2) is 0 Å². The molecule has 2 aliphatic rings. The third kappa shape index (κ3) is 3.86. The second kappa shape index (κ2) is 6.15. The van der Waals surface area contributed by atoms with Crippen LogP contribution >= 0.6 is 11.6 Å². The molecule has 2 saturated heterocycles. The average Bonchev–Trinajstić information content (AvgIpc) is 2.69. The summed E-state index contributed by atoms with van der Waals surface area (Å²) in [6, 6.07) is 1.96. The molecule has 1 aromatic heterocycles.